The van der Waals surface area contributed by atoms with Crippen LogP contribution in [0.15, 0.2) is 49.2 Å². The molecular weight excluding hydrogens is 483 g/mol. The summed E-state index contributed by atoms with van der Waals surface area (Å²) in [5.41, 5.74) is 0.137. The first kappa shape index (κ1) is 23.7. The molecule has 0 saturated carbocycles. The van der Waals surface area contributed by atoms with E-state index >= 15 is 0 Å². The molecule has 0 bridgehead atoms. The van der Waals surface area contributed by atoms with Gasteiger partial charge in [0.05, 0.1) is 35.1 Å². The van der Waals surface area contributed by atoms with Gasteiger partial charge in [-0.15, -0.1) is 5.10 Å². The van der Waals surface area contributed by atoms with Gasteiger partial charge in [-0.3, -0.25) is 9.59 Å². The van der Waals surface area contributed by atoms with Crippen molar-refractivity contribution < 1.29 is 14.0 Å². The van der Waals surface area contributed by atoms with Crippen molar-refractivity contribution in [1.29, 1.82) is 0 Å². The third-order valence-corrected chi connectivity index (χ3v) is 5.76. The Bertz CT molecular complexity index is 1550. The fraction of sp³-hybridized carbons (Fsp3) is 0.227. The molecule has 5 aromatic heterocycles. The summed E-state index contributed by atoms with van der Waals surface area (Å²) in [7, 11) is 1.76. The van der Waals surface area contributed by atoms with Gasteiger partial charge in [-0.2, -0.15) is 4.68 Å². The zero-order valence-corrected chi connectivity index (χ0v) is 19.9. The van der Waals surface area contributed by atoms with Crippen LogP contribution in [0.2, 0.25) is 0 Å². The number of hydrogen-bond acceptors (Lipinski definition) is 10. The SMILES string of the molecule is CCN(CCN(C)c1nnnn1-c1ccccn1)C(=O)C(=O)c1c[nH]c2c(-n3ccnn3)ncc(F)c12. The largest absolute Gasteiger partial charge is 0.357 e. The summed E-state index contributed by atoms with van der Waals surface area (Å²) in [6.07, 6.45) is 6.89. The van der Waals surface area contributed by atoms with Gasteiger partial charge in [0, 0.05) is 39.1 Å². The van der Waals surface area contributed by atoms with Crippen LogP contribution in [0, 0.1) is 5.82 Å². The Labute approximate surface area is 208 Å². The number of ketones is 1. The second-order valence-corrected chi connectivity index (χ2v) is 7.94. The molecule has 5 rings (SSSR count). The molecule has 0 spiro atoms. The molecule has 5 aromatic rings. The summed E-state index contributed by atoms with van der Waals surface area (Å²) in [5.74, 6) is -1.14. The monoisotopic (exact) mass is 504 g/mol. The van der Waals surface area contributed by atoms with Gasteiger partial charge in [0.1, 0.15) is 0 Å². The molecule has 0 saturated heterocycles. The Kier molecular flexibility index (Phi) is 6.32. The third-order valence-electron chi connectivity index (χ3n) is 5.76. The molecule has 37 heavy (non-hydrogen) atoms. The Morgan fingerprint density at radius 2 is 2.00 bits per heavy atom. The molecule has 0 aliphatic heterocycles. The van der Waals surface area contributed by atoms with Gasteiger partial charge < -0.3 is 14.8 Å². The summed E-state index contributed by atoms with van der Waals surface area (Å²) in [4.78, 5) is 40.6. The van der Waals surface area contributed by atoms with Crippen molar-refractivity contribution in [2.75, 3.05) is 31.6 Å². The number of rotatable bonds is 9. The van der Waals surface area contributed by atoms with Crippen LogP contribution in [0.25, 0.3) is 22.5 Å². The minimum absolute atomic E-state index is 0.0402. The first-order valence-electron chi connectivity index (χ1n) is 11.3. The molecule has 0 fully saturated rings. The zero-order valence-electron chi connectivity index (χ0n) is 19.9. The highest BCUT2D eigenvalue weighted by atomic mass is 19.1. The third kappa shape index (κ3) is 4.37. The fourth-order valence-corrected chi connectivity index (χ4v) is 3.85. The number of carbonyl (C=O) groups is 2. The molecule has 5 heterocycles. The van der Waals surface area contributed by atoms with Crippen molar-refractivity contribution in [1.82, 2.24) is 55.1 Å². The van der Waals surface area contributed by atoms with Crippen molar-refractivity contribution >= 4 is 28.5 Å². The zero-order chi connectivity index (χ0) is 25.9. The quantitative estimate of drug-likeness (QED) is 0.225. The molecule has 0 aliphatic rings. The van der Waals surface area contributed by atoms with Crippen LogP contribution < -0.4 is 4.90 Å². The Hall–Kier alpha value is -5.08. The average molecular weight is 504 g/mol. The molecule has 0 aromatic carbocycles. The molecule has 15 heteroatoms. The highest BCUT2D eigenvalue weighted by molar-refractivity contribution is 6.45. The number of fused-ring (bicyclic) bond motifs is 1. The maximum Gasteiger partial charge on any atom is 0.295 e. The summed E-state index contributed by atoms with van der Waals surface area (Å²) in [6, 6.07) is 5.36. The number of anilines is 1. The predicted octanol–water partition coefficient (Wildman–Crippen LogP) is 0.821. The lowest BCUT2D eigenvalue weighted by molar-refractivity contribution is -0.126. The van der Waals surface area contributed by atoms with Crippen LogP contribution in [0.5, 0.6) is 0 Å². The van der Waals surface area contributed by atoms with E-state index in [-0.39, 0.29) is 35.4 Å². The number of tetrazole rings is 1. The van der Waals surface area contributed by atoms with Crippen molar-refractivity contribution in [3.05, 3.63) is 60.6 Å². The lowest BCUT2D eigenvalue weighted by Gasteiger charge is -2.24. The number of nitrogens with one attached hydrogen (secondary N) is 1. The van der Waals surface area contributed by atoms with Gasteiger partial charge in [-0.25, -0.2) is 19.0 Å². The maximum absolute atomic E-state index is 14.8. The number of carbonyl (C=O) groups excluding carboxylic acids is 2. The van der Waals surface area contributed by atoms with E-state index in [1.807, 2.05) is 6.07 Å². The Morgan fingerprint density at radius 3 is 2.73 bits per heavy atom. The number of Topliss-reactive ketones (excluding diaryl/α,β-unsaturated/α-hetero) is 1. The highest BCUT2D eigenvalue weighted by Crippen LogP contribution is 2.26. The van der Waals surface area contributed by atoms with E-state index in [2.05, 4.69) is 40.8 Å². The number of aromatic amines is 1. The molecular formula is C22H21FN12O2. The standard InChI is InChI=1S/C22H21FN12O2/c1-3-33(11-10-32(2)22-28-29-31-35(22)16-6-4-5-7-24-16)21(37)19(36)14-12-25-18-17(14)15(23)13-26-20(18)34-9-8-27-30-34/h4-9,12-13,25H,3,10-11H2,1-2H3. The van der Waals surface area contributed by atoms with Gasteiger partial charge in [-0.05, 0) is 29.5 Å². The Morgan fingerprint density at radius 1 is 1.14 bits per heavy atom. The normalized spacial score (nSPS) is 11.1. The van der Waals surface area contributed by atoms with Crippen LogP contribution >= 0.6 is 0 Å². The number of H-pyrrole nitrogens is 1. The van der Waals surface area contributed by atoms with Gasteiger partial charge in [0.15, 0.2) is 17.5 Å². The molecule has 0 unspecified atom stereocenters. The summed E-state index contributed by atoms with van der Waals surface area (Å²) in [5, 5.41) is 19.3. The van der Waals surface area contributed by atoms with E-state index in [0.717, 1.165) is 6.20 Å². The number of amides is 1. The maximum atomic E-state index is 14.8. The molecule has 0 radical (unpaired) electrons. The number of aromatic nitrogens is 10. The average Bonchev–Trinajstić information content (AvgIpc) is 3.70. The summed E-state index contributed by atoms with van der Waals surface area (Å²) >= 11 is 0. The summed E-state index contributed by atoms with van der Waals surface area (Å²) < 4.78 is 17.6. The van der Waals surface area contributed by atoms with Gasteiger partial charge in [-0.1, -0.05) is 16.4 Å². The van der Waals surface area contributed by atoms with Crippen LogP contribution in [-0.2, 0) is 4.79 Å². The second-order valence-electron chi connectivity index (χ2n) is 7.94. The van der Waals surface area contributed by atoms with Gasteiger partial charge in [0.25, 0.3) is 17.6 Å². The van der Waals surface area contributed by atoms with Crippen LogP contribution in [0.4, 0.5) is 10.3 Å². The number of likely N-dealkylation sites (N-methyl/N-ethyl adjacent to an activating group) is 2. The fourth-order valence-electron chi connectivity index (χ4n) is 3.85. The van der Waals surface area contributed by atoms with E-state index in [4.69, 9.17) is 0 Å². The van der Waals surface area contributed by atoms with Gasteiger partial charge >= 0.3 is 0 Å². The van der Waals surface area contributed by atoms with Crippen molar-refractivity contribution in [3.63, 3.8) is 0 Å². The molecule has 0 aliphatic carbocycles. The van der Waals surface area contributed by atoms with E-state index in [9.17, 15) is 14.0 Å². The minimum Gasteiger partial charge on any atom is -0.357 e. The van der Waals surface area contributed by atoms with Crippen LogP contribution in [-0.4, -0.2) is 93.4 Å². The van der Waals surface area contributed by atoms with E-state index in [1.165, 1.54) is 32.9 Å². The predicted molar refractivity (Wildman–Crippen MR) is 128 cm³/mol. The number of hydrogen-bond donors (Lipinski definition) is 1. The van der Waals surface area contributed by atoms with Gasteiger partial charge in [0.2, 0.25) is 0 Å². The summed E-state index contributed by atoms with van der Waals surface area (Å²) in [6.45, 7) is 2.54. The van der Waals surface area contributed by atoms with Crippen molar-refractivity contribution in [3.8, 4) is 11.6 Å². The van der Waals surface area contributed by atoms with Crippen LogP contribution in [0.3, 0.4) is 0 Å². The lowest BCUT2D eigenvalue weighted by atomic mass is 10.1. The Balaban J connectivity index is 1.34. The van der Waals surface area contributed by atoms with Crippen molar-refractivity contribution in [2.45, 2.75) is 6.92 Å². The highest BCUT2D eigenvalue weighted by Gasteiger charge is 2.28. The van der Waals surface area contributed by atoms with E-state index < -0.39 is 17.5 Å². The number of pyridine rings is 2. The molecule has 14 nitrogen and oxygen atoms in total. The van der Waals surface area contributed by atoms with E-state index in [0.29, 0.717) is 18.3 Å². The van der Waals surface area contributed by atoms with Crippen molar-refractivity contribution in [2.24, 2.45) is 0 Å². The smallest absolute Gasteiger partial charge is 0.295 e. The molecule has 1 amide bonds. The second kappa shape index (κ2) is 9.88. The topological polar surface area (TPSA) is 156 Å². The van der Waals surface area contributed by atoms with E-state index in [1.54, 1.807) is 37.2 Å². The number of nitrogens with zero attached hydrogens (tertiary/aromatic N) is 11. The molecule has 188 valence electrons. The molecule has 0 atom stereocenters. The first-order valence-corrected chi connectivity index (χ1v) is 11.3. The lowest BCUT2D eigenvalue weighted by Crippen LogP contribution is -2.41. The minimum atomic E-state index is -0.844. The molecule has 1 N–H and O–H groups in total. The first-order chi connectivity index (χ1) is 18.0. The number of halogens is 1. The van der Waals surface area contributed by atoms with Crippen LogP contribution in [0.1, 0.15) is 17.3 Å².